The molecule has 1 unspecified atom stereocenters. The fourth-order valence-corrected chi connectivity index (χ4v) is 1.79. The molecule has 88 valence electrons. The molecule has 0 saturated carbocycles. The second-order valence-corrected chi connectivity index (χ2v) is 4.71. The van der Waals surface area contributed by atoms with Crippen molar-refractivity contribution in [2.75, 3.05) is 33.2 Å². The van der Waals surface area contributed by atoms with Crippen molar-refractivity contribution < 1.29 is 4.79 Å². The molecule has 1 aliphatic rings. The number of rotatable bonds is 5. The molecule has 0 bridgehead atoms. The molecule has 0 aromatic carbocycles. The van der Waals surface area contributed by atoms with Crippen LogP contribution in [0.4, 0.5) is 0 Å². The monoisotopic (exact) mass is 213 g/mol. The molecule has 1 atom stereocenters. The molecule has 2 N–H and O–H groups in total. The minimum atomic E-state index is 0.153. The highest BCUT2D eigenvalue weighted by atomic mass is 16.2. The number of nitrogens with one attached hydrogen (secondary N) is 2. The van der Waals surface area contributed by atoms with Crippen LogP contribution < -0.4 is 10.6 Å². The lowest BCUT2D eigenvalue weighted by Crippen LogP contribution is -2.39. The first-order chi connectivity index (χ1) is 7.11. The van der Waals surface area contributed by atoms with E-state index in [9.17, 15) is 4.79 Å². The Bertz CT molecular complexity index is 206. The van der Waals surface area contributed by atoms with Crippen LogP contribution >= 0.6 is 0 Å². The summed E-state index contributed by atoms with van der Waals surface area (Å²) in [6.07, 6.45) is 1.15. The van der Waals surface area contributed by atoms with Crippen LogP contribution in [0.15, 0.2) is 0 Å². The van der Waals surface area contributed by atoms with E-state index in [1.807, 2.05) is 7.05 Å². The predicted molar refractivity (Wildman–Crippen MR) is 61.8 cm³/mol. The van der Waals surface area contributed by atoms with Gasteiger partial charge >= 0.3 is 0 Å². The number of nitrogens with zero attached hydrogens (tertiary/aromatic N) is 1. The van der Waals surface area contributed by atoms with Crippen LogP contribution in [0.2, 0.25) is 0 Å². The minimum absolute atomic E-state index is 0.153. The lowest BCUT2D eigenvalue weighted by Gasteiger charge is -2.16. The molecule has 1 saturated heterocycles. The molecule has 4 nitrogen and oxygen atoms in total. The molecule has 4 heteroatoms. The van der Waals surface area contributed by atoms with E-state index in [4.69, 9.17) is 0 Å². The molecule has 1 amide bonds. The largest absolute Gasteiger partial charge is 0.355 e. The number of hydrogen-bond acceptors (Lipinski definition) is 3. The number of hydrogen-bond donors (Lipinski definition) is 2. The summed E-state index contributed by atoms with van der Waals surface area (Å²) in [5, 5.41) is 6.18. The highest BCUT2D eigenvalue weighted by molar-refractivity contribution is 5.78. The Hall–Kier alpha value is -0.610. The third kappa shape index (κ3) is 4.62. The van der Waals surface area contributed by atoms with Gasteiger partial charge < -0.3 is 10.6 Å². The van der Waals surface area contributed by atoms with Gasteiger partial charge in [0.2, 0.25) is 5.91 Å². The van der Waals surface area contributed by atoms with E-state index in [1.165, 1.54) is 0 Å². The van der Waals surface area contributed by atoms with Crippen molar-refractivity contribution in [2.24, 2.45) is 5.92 Å². The lowest BCUT2D eigenvalue weighted by atomic mass is 10.2. The van der Waals surface area contributed by atoms with Gasteiger partial charge in [-0.05, 0) is 19.4 Å². The average molecular weight is 213 g/mol. The highest BCUT2D eigenvalue weighted by Gasteiger charge is 2.22. The summed E-state index contributed by atoms with van der Waals surface area (Å²) in [6.45, 7) is 7.56. The molecule has 0 aromatic rings. The third-order valence-electron chi connectivity index (χ3n) is 2.76. The maximum absolute atomic E-state index is 11.5. The molecule has 1 fully saturated rings. The first-order valence-corrected chi connectivity index (χ1v) is 5.78. The summed E-state index contributed by atoms with van der Waals surface area (Å²) in [6, 6.07) is 0.558. The number of likely N-dealkylation sites (N-methyl/N-ethyl adjacent to an activating group) is 1. The van der Waals surface area contributed by atoms with Gasteiger partial charge in [-0.2, -0.15) is 0 Å². The van der Waals surface area contributed by atoms with Crippen molar-refractivity contribution in [2.45, 2.75) is 26.3 Å². The van der Waals surface area contributed by atoms with Gasteiger partial charge in [0.15, 0.2) is 0 Å². The zero-order chi connectivity index (χ0) is 11.3. The van der Waals surface area contributed by atoms with Crippen molar-refractivity contribution in [3.8, 4) is 0 Å². The first-order valence-electron chi connectivity index (χ1n) is 5.78. The van der Waals surface area contributed by atoms with Crippen molar-refractivity contribution in [3.05, 3.63) is 0 Å². The van der Waals surface area contributed by atoms with Crippen molar-refractivity contribution in [3.63, 3.8) is 0 Å². The Morgan fingerprint density at radius 1 is 1.53 bits per heavy atom. The van der Waals surface area contributed by atoms with E-state index in [2.05, 4.69) is 29.4 Å². The van der Waals surface area contributed by atoms with E-state index < -0.39 is 0 Å². The fraction of sp³-hybridized carbons (Fsp3) is 0.909. The van der Waals surface area contributed by atoms with Crippen molar-refractivity contribution in [1.29, 1.82) is 0 Å². The number of carbonyl (C=O) groups excluding carboxylic acids is 1. The van der Waals surface area contributed by atoms with Gasteiger partial charge in [-0.15, -0.1) is 0 Å². The zero-order valence-corrected chi connectivity index (χ0v) is 10.0. The van der Waals surface area contributed by atoms with Gasteiger partial charge in [-0.1, -0.05) is 13.8 Å². The Kier molecular flexibility index (Phi) is 5.05. The second-order valence-electron chi connectivity index (χ2n) is 4.71. The van der Waals surface area contributed by atoms with E-state index in [0.29, 0.717) is 18.5 Å². The first kappa shape index (κ1) is 12.5. The van der Waals surface area contributed by atoms with E-state index >= 15 is 0 Å². The van der Waals surface area contributed by atoms with Gasteiger partial charge in [0.1, 0.15) is 0 Å². The van der Waals surface area contributed by atoms with Gasteiger partial charge in [-0.3, -0.25) is 9.69 Å². The molecule has 0 aliphatic carbocycles. The summed E-state index contributed by atoms with van der Waals surface area (Å²) >= 11 is 0. The van der Waals surface area contributed by atoms with Crippen molar-refractivity contribution >= 4 is 5.91 Å². The smallest absolute Gasteiger partial charge is 0.234 e. The molecule has 1 rings (SSSR count). The van der Waals surface area contributed by atoms with Crippen LogP contribution in [0.1, 0.15) is 20.3 Å². The fourth-order valence-electron chi connectivity index (χ4n) is 1.79. The van der Waals surface area contributed by atoms with Crippen molar-refractivity contribution in [1.82, 2.24) is 15.5 Å². The standard InChI is InChI=1S/C11H23N3O/c1-9(2)6-13-11(15)8-14-5-4-10(7-14)12-3/h9-10,12H,4-8H2,1-3H3,(H,13,15). The predicted octanol–water partition coefficient (Wildman–Crippen LogP) is 0.0523. The minimum Gasteiger partial charge on any atom is -0.355 e. The molecular weight excluding hydrogens is 190 g/mol. The number of likely N-dealkylation sites (tertiary alicyclic amines) is 1. The van der Waals surface area contributed by atoms with Crippen LogP contribution in [-0.2, 0) is 4.79 Å². The molecule has 1 heterocycles. The zero-order valence-electron chi connectivity index (χ0n) is 10.0. The summed E-state index contributed by atoms with van der Waals surface area (Å²) < 4.78 is 0. The molecule has 0 radical (unpaired) electrons. The topological polar surface area (TPSA) is 44.4 Å². The van der Waals surface area contributed by atoms with E-state index in [1.54, 1.807) is 0 Å². The third-order valence-corrected chi connectivity index (χ3v) is 2.76. The maximum atomic E-state index is 11.5. The van der Waals surface area contributed by atoms with Gasteiger partial charge in [-0.25, -0.2) is 0 Å². The van der Waals surface area contributed by atoms with Gasteiger partial charge in [0.25, 0.3) is 0 Å². The number of carbonyl (C=O) groups is 1. The SMILES string of the molecule is CNC1CCN(CC(=O)NCC(C)C)C1. The highest BCUT2D eigenvalue weighted by Crippen LogP contribution is 2.07. The average Bonchev–Trinajstić information content (AvgIpc) is 2.62. The number of amides is 1. The second kappa shape index (κ2) is 6.08. The van der Waals surface area contributed by atoms with E-state index in [0.717, 1.165) is 26.1 Å². The summed E-state index contributed by atoms with van der Waals surface area (Å²) in [7, 11) is 1.98. The van der Waals surface area contributed by atoms with Crippen LogP contribution in [0, 0.1) is 5.92 Å². The molecule has 0 aromatic heterocycles. The lowest BCUT2D eigenvalue weighted by molar-refractivity contribution is -0.122. The Balaban J connectivity index is 2.16. The Labute approximate surface area is 92.4 Å². The normalized spacial score (nSPS) is 22.3. The Morgan fingerprint density at radius 2 is 2.27 bits per heavy atom. The van der Waals surface area contributed by atoms with Crippen LogP contribution in [0.3, 0.4) is 0 Å². The quantitative estimate of drug-likeness (QED) is 0.678. The summed E-state index contributed by atoms with van der Waals surface area (Å²) in [4.78, 5) is 13.7. The van der Waals surface area contributed by atoms with Gasteiger partial charge in [0, 0.05) is 25.7 Å². The summed E-state index contributed by atoms with van der Waals surface area (Å²) in [5.74, 6) is 0.679. The van der Waals surface area contributed by atoms with Crippen LogP contribution in [0.5, 0.6) is 0 Å². The maximum Gasteiger partial charge on any atom is 0.234 e. The summed E-state index contributed by atoms with van der Waals surface area (Å²) in [5.41, 5.74) is 0. The molecular formula is C11H23N3O. The van der Waals surface area contributed by atoms with E-state index in [-0.39, 0.29) is 5.91 Å². The molecule has 15 heavy (non-hydrogen) atoms. The van der Waals surface area contributed by atoms with Crippen LogP contribution in [0.25, 0.3) is 0 Å². The molecule has 0 spiro atoms. The Morgan fingerprint density at radius 3 is 2.80 bits per heavy atom. The van der Waals surface area contributed by atoms with Gasteiger partial charge in [0.05, 0.1) is 6.54 Å². The molecule has 1 aliphatic heterocycles. The van der Waals surface area contributed by atoms with Crippen LogP contribution in [-0.4, -0.2) is 50.1 Å².